The molecule has 0 aliphatic carbocycles. The van der Waals surface area contributed by atoms with Crippen LogP contribution in [-0.2, 0) is 0 Å². The van der Waals surface area contributed by atoms with Crippen molar-refractivity contribution in [2.45, 2.75) is 20.3 Å². The smallest absolute Gasteiger partial charge is 0.347 e. The van der Waals surface area contributed by atoms with Crippen molar-refractivity contribution < 1.29 is 19.1 Å². The summed E-state index contributed by atoms with van der Waals surface area (Å²) < 4.78 is 10.9. The number of hydrogen-bond acceptors (Lipinski definition) is 4. The maximum atomic E-state index is 12.4. The minimum absolute atomic E-state index is 0.154. The van der Waals surface area contributed by atoms with Crippen LogP contribution >= 0.6 is 0 Å². The molecule has 0 amide bonds. The SMILES string of the molecule is CCCOc1ccccc1C(=O)Oc1ccccc1C(C)=O. The minimum atomic E-state index is -0.541. The van der Waals surface area contributed by atoms with E-state index in [0.29, 0.717) is 23.5 Å². The van der Waals surface area contributed by atoms with Crippen molar-refractivity contribution in [3.63, 3.8) is 0 Å². The van der Waals surface area contributed by atoms with Crippen LogP contribution in [0.3, 0.4) is 0 Å². The molecule has 0 unspecified atom stereocenters. The van der Waals surface area contributed by atoms with E-state index in [1.54, 1.807) is 48.5 Å². The van der Waals surface area contributed by atoms with E-state index in [0.717, 1.165) is 6.42 Å². The molecule has 0 radical (unpaired) electrons. The molecule has 2 aromatic rings. The van der Waals surface area contributed by atoms with E-state index < -0.39 is 5.97 Å². The quantitative estimate of drug-likeness (QED) is 0.461. The highest BCUT2D eigenvalue weighted by molar-refractivity contribution is 5.99. The van der Waals surface area contributed by atoms with Crippen LogP contribution in [-0.4, -0.2) is 18.4 Å². The Bertz CT molecular complexity index is 676. The Morgan fingerprint density at radius 1 is 0.909 bits per heavy atom. The van der Waals surface area contributed by atoms with Gasteiger partial charge in [-0.25, -0.2) is 4.79 Å². The number of carbonyl (C=O) groups is 2. The van der Waals surface area contributed by atoms with E-state index in [4.69, 9.17) is 9.47 Å². The fourth-order valence-electron chi connectivity index (χ4n) is 1.97. The monoisotopic (exact) mass is 298 g/mol. The Morgan fingerprint density at radius 3 is 2.14 bits per heavy atom. The van der Waals surface area contributed by atoms with Crippen molar-refractivity contribution in [3.8, 4) is 11.5 Å². The Kier molecular flexibility index (Phi) is 5.31. The standard InChI is InChI=1S/C18H18O4/c1-3-12-21-16-10-6-5-9-15(16)18(20)22-17-11-7-4-8-14(17)13(2)19/h4-11H,3,12H2,1-2H3. The van der Waals surface area contributed by atoms with Crippen molar-refractivity contribution in [1.82, 2.24) is 0 Å². The third-order valence-corrected chi connectivity index (χ3v) is 3.04. The van der Waals surface area contributed by atoms with E-state index in [-0.39, 0.29) is 11.5 Å². The molecule has 4 nitrogen and oxygen atoms in total. The Hall–Kier alpha value is -2.62. The average molecular weight is 298 g/mol. The first-order valence-corrected chi connectivity index (χ1v) is 7.17. The summed E-state index contributed by atoms with van der Waals surface area (Å²) in [4.78, 5) is 23.9. The van der Waals surface area contributed by atoms with Gasteiger partial charge in [0.1, 0.15) is 17.1 Å². The van der Waals surface area contributed by atoms with Crippen LogP contribution in [0.1, 0.15) is 41.0 Å². The summed E-state index contributed by atoms with van der Waals surface area (Å²) >= 11 is 0. The van der Waals surface area contributed by atoms with Crippen LogP contribution in [0.2, 0.25) is 0 Å². The number of ether oxygens (including phenoxy) is 2. The maximum absolute atomic E-state index is 12.4. The second-order valence-electron chi connectivity index (χ2n) is 4.79. The van der Waals surface area contributed by atoms with E-state index in [2.05, 4.69) is 0 Å². The van der Waals surface area contributed by atoms with Gasteiger partial charge < -0.3 is 9.47 Å². The minimum Gasteiger partial charge on any atom is -0.493 e. The van der Waals surface area contributed by atoms with Gasteiger partial charge in [-0.1, -0.05) is 31.2 Å². The average Bonchev–Trinajstić information content (AvgIpc) is 2.53. The number of hydrogen-bond donors (Lipinski definition) is 0. The third-order valence-electron chi connectivity index (χ3n) is 3.04. The van der Waals surface area contributed by atoms with Crippen LogP contribution in [0.4, 0.5) is 0 Å². The number of benzene rings is 2. The lowest BCUT2D eigenvalue weighted by Crippen LogP contribution is -2.13. The Labute approximate surface area is 129 Å². The van der Waals surface area contributed by atoms with Gasteiger partial charge in [0, 0.05) is 0 Å². The largest absolute Gasteiger partial charge is 0.493 e. The number of para-hydroxylation sites is 2. The van der Waals surface area contributed by atoms with Crippen LogP contribution in [0, 0.1) is 0 Å². The summed E-state index contributed by atoms with van der Waals surface area (Å²) in [7, 11) is 0. The van der Waals surface area contributed by atoms with Crippen LogP contribution in [0.25, 0.3) is 0 Å². The number of Topliss-reactive ketones (excluding diaryl/α,β-unsaturated/α-hetero) is 1. The molecule has 22 heavy (non-hydrogen) atoms. The number of rotatable bonds is 6. The second kappa shape index (κ2) is 7.41. The fourth-order valence-corrected chi connectivity index (χ4v) is 1.97. The second-order valence-corrected chi connectivity index (χ2v) is 4.79. The van der Waals surface area contributed by atoms with Gasteiger partial charge in [-0.15, -0.1) is 0 Å². The summed E-state index contributed by atoms with van der Waals surface area (Å²) in [6, 6.07) is 13.6. The van der Waals surface area contributed by atoms with Crippen LogP contribution in [0.5, 0.6) is 11.5 Å². The molecule has 2 aromatic carbocycles. The molecule has 2 rings (SSSR count). The molecule has 0 heterocycles. The number of ketones is 1. The van der Waals surface area contributed by atoms with Gasteiger partial charge in [-0.05, 0) is 37.6 Å². The van der Waals surface area contributed by atoms with E-state index >= 15 is 0 Å². The van der Waals surface area contributed by atoms with Gasteiger partial charge in [0.25, 0.3) is 0 Å². The molecule has 0 atom stereocenters. The van der Waals surface area contributed by atoms with E-state index in [1.165, 1.54) is 6.92 Å². The normalized spacial score (nSPS) is 10.1. The first-order valence-electron chi connectivity index (χ1n) is 7.17. The van der Waals surface area contributed by atoms with Crippen molar-refractivity contribution in [3.05, 3.63) is 59.7 Å². The molecule has 0 spiro atoms. The molecule has 0 aliphatic rings. The molecule has 0 aromatic heterocycles. The lowest BCUT2D eigenvalue weighted by atomic mass is 10.1. The van der Waals surface area contributed by atoms with Crippen molar-refractivity contribution >= 4 is 11.8 Å². The van der Waals surface area contributed by atoms with Crippen molar-refractivity contribution in [2.24, 2.45) is 0 Å². The first kappa shape index (κ1) is 15.8. The highest BCUT2D eigenvalue weighted by Crippen LogP contribution is 2.23. The molecular formula is C18H18O4. The van der Waals surface area contributed by atoms with Crippen molar-refractivity contribution in [1.29, 1.82) is 0 Å². The molecule has 0 N–H and O–H groups in total. The fraction of sp³-hybridized carbons (Fsp3) is 0.222. The predicted octanol–water partition coefficient (Wildman–Crippen LogP) is 3.90. The molecule has 4 heteroatoms. The highest BCUT2D eigenvalue weighted by atomic mass is 16.5. The summed E-state index contributed by atoms with van der Waals surface area (Å²) in [6.07, 6.45) is 0.844. The zero-order valence-electron chi connectivity index (χ0n) is 12.7. The summed E-state index contributed by atoms with van der Waals surface area (Å²) in [5.74, 6) is 0.0410. The van der Waals surface area contributed by atoms with Gasteiger partial charge in [0.05, 0.1) is 12.2 Å². The zero-order chi connectivity index (χ0) is 15.9. The third kappa shape index (κ3) is 3.73. The van der Waals surface area contributed by atoms with Gasteiger partial charge in [-0.2, -0.15) is 0 Å². The van der Waals surface area contributed by atoms with Gasteiger partial charge in [0.15, 0.2) is 5.78 Å². The predicted molar refractivity (Wildman–Crippen MR) is 83.6 cm³/mol. The van der Waals surface area contributed by atoms with Gasteiger partial charge >= 0.3 is 5.97 Å². The van der Waals surface area contributed by atoms with Crippen LogP contribution < -0.4 is 9.47 Å². The maximum Gasteiger partial charge on any atom is 0.347 e. The lowest BCUT2D eigenvalue weighted by Gasteiger charge is -2.11. The number of carbonyl (C=O) groups excluding carboxylic acids is 2. The van der Waals surface area contributed by atoms with E-state index in [1.807, 2.05) is 6.92 Å². The molecular weight excluding hydrogens is 280 g/mol. The molecule has 0 saturated heterocycles. The molecule has 0 saturated carbocycles. The lowest BCUT2D eigenvalue weighted by molar-refractivity contribution is 0.0728. The summed E-state index contributed by atoms with van der Waals surface area (Å²) in [5.41, 5.74) is 0.720. The molecule has 0 bridgehead atoms. The van der Waals surface area contributed by atoms with E-state index in [9.17, 15) is 9.59 Å². The summed E-state index contributed by atoms with van der Waals surface area (Å²) in [6.45, 7) is 3.95. The van der Waals surface area contributed by atoms with Crippen molar-refractivity contribution in [2.75, 3.05) is 6.61 Å². The molecule has 0 fully saturated rings. The first-order chi connectivity index (χ1) is 10.6. The molecule has 114 valence electrons. The topological polar surface area (TPSA) is 52.6 Å². The van der Waals surface area contributed by atoms with Gasteiger partial charge in [-0.3, -0.25) is 4.79 Å². The molecule has 0 aliphatic heterocycles. The summed E-state index contributed by atoms with van der Waals surface area (Å²) in [5, 5.41) is 0. The van der Waals surface area contributed by atoms with Crippen LogP contribution in [0.15, 0.2) is 48.5 Å². The zero-order valence-corrected chi connectivity index (χ0v) is 12.7. The Balaban J connectivity index is 2.25. The number of esters is 1. The highest BCUT2D eigenvalue weighted by Gasteiger charge is 2.17. The van der Waals surface area contributed by atoms with Gasteiger partial charge in [0.2, 0.25) is 0 Å². The Morgan fingerprint density at radius 2 is 1.50 bits per heavy atom.